The molecular formula is C11H13N3. The Bertz CT molecular complexity index is 432. The lowest BCUT2D eigenvalue weighted by Gasteiger charge is -2.07. The Hall–Kier alpha value is -1.64. The van der Waals surface area contributed by atoms with Gasteiger partial charge < -0.3 is 0 Å². The maximum Gasteiger partial charge on any atom is 0.0726 e. The molecular weight excluding hydrogens is 174 g/mol. The minimum atomic E-state index is 1.01. The zero-order valence-electron chi connectivity index (χ0n) is 8.44. The van der Waals surface area contributed by atoms with Crippen molar-refractivity contribution in [2.45, 2.75) is 20.3 Å². The topological polar surface area (TPSA) is 30.7 Å². The van der Waals surface area contributed by atoms with Gasteiger partial charge in [-0.25, -0.2) is 4.68 Å². The summed E-state index contributed by atoms with van der Waals surface area (Å²) in [5.41, 5.74) is 3.48. The molecule has 0 fully saturated rings. The maximum atomic E-state index is 4.06. The first-order valence-electron chi connectivity index (χ1n) is 4.78. The van der Waals surface area contributed by atoms with Gasteiger partial charge in [-0.15, -0.1) is 5.10 Å². The molecule has 0 amide bonds. The Morgan fingerprint density at radius 1 is 1.29 bits per heavy atom. The summed E-state index contributed by atoms with van der Waals surface area (Å²) in [4.78, 5) is 0. The van der Waals surface area contributed by atoms with Crippen LogP contribution in [0.5, 0.6) is 0 Å². The van der Waals surface area contributed by atoms with E-state index in [1.54, 1.807) is 6.20 Å². The second kappa shape index (κ2) is 3.62. The molecule has 0 radical (unpaired) electrons. The third-order valence-corrected chi connectivity index (χ3v) is 2.32. The van der Waals surface area contributed by atoms with Crippen molar-refractivity contribution < 1.29 is 0 Å². The second-order valence-electron chi connectivity index (χ2n) is 3.27. The zero-order valence-corrected chi connectivity index (χ0v) is 8.44. The van der Waals surface area contributed by atoms with Crippen molar-refractivity contribution in [3.8, 4) is 5.69 Å². The van der Waals surface area contributed by atoms with E-state index in [1.165, 1.54) is 5.56 Å². The van der Waals surface area contributed by atoms with E-state index in [0.717, 1.165) is 17.8 Å². The fraction of sp³-hybridized carbons (Fsp3) is 0.273. The molecule has 0 unspecified atom stereocenters. The number of para-hydroxylation sites is 1. The molecule has 1 aromatic heterocycles. The normalized spacial score (nSPS) is 10.4. The molecule has 0 atom stereocenters. The molecule has 3 nitrogen and oxygen atoms in total. The molecule has 0 bridgehead atoms. The number of aromatic nitrogens is 3. The standard InChI is InChI=1S/C11H13N3/c1-3-10-6-4-5-7-11(10)14-9(2)8-12-13-14/h4-8H,3H2,1-2H3. The van der Waals surface area contributed by atoms with Gasteiger partial charge >= 0.3 is 0 Å². The summed E-state index contributed by atoms with van der Waals surface area (Å²) >= 11 is 0. The number of aryl methyl sites for hydroxylation is 2. The van der Waals surface area contributed by atoms with Crippen LogP contribution in [0.3, 0.4) is 0 Å². The van der Waals surface area contributed by atoms with Gasteiger partial charge in [-0.3, -0.25) is 0 Å². The molecule has 0 aliphatic rings. The van der Waals surface area contributed by atoms with E-state index in [0.29, 0.717) is 0 Å². The number of rotatable bonds is 2. The molecule has 0 N–H and O–H groups in total. The van der Waals surface area contributed by atoms with Crippen molar-refractivity contribution in [1.29, 1.82) is 0 Å². The summed E-state index contributed by atoms with van der Waals surface area (Å²) in [6.45, 7) is 4.15. The summed E-state index contributed by atoms with van der Waals surface area (Å²) in [7, 11) is 0. The molecule has 72 valence electrons. The lowest BCUT2D eigenvalue weighted by atomic mass is 10.1. The van der Waals surface area contributed by atoms with Gasteiger partial charge in [-0.1, -0.05) is 30.3 Å². The highest BCUT2D eigenvalue weighted by molar-refractivity contribution is 5.40. The van der Waals surface area contributed by atoms with Crippen LogP contribution in [-0.4, -0.2) is 15.0 Å². The molecule has 0 saturated carbocycles. The Kier molecular flexibility index (Phi) is 2.31. The van der Waals surface area contributed by atoms with Gasteiger partial charge in [0, 0.05) is 0 Å². The lowest BCUT2D eigenvalue weighted by Crippen LogP contribution is -2.02. The van der Waals surface area contributed by atoms with Crippen molar-refractivity contribution in [3.05, 3.63) is 41.7 Å². The first-order chi connectivity index (χ1) is 6.83. The van der Waals surface area contributed by atoms with Gasteiger partial charge in [0.15, 0.2) is 0 Å². The van der Waals surface area contributed by atoms with Gasteiger partial charge in [0.05, 0.1) is 17.6 Å². The van der Waals surface area contributed by atoms with E-state index < -0.39 is 0 Å². The van der Waals surface area contributed by atoms with E-state index in [1.807, 2.05) is 17.7 Å². The summed E-state index contributed by atoms with van der Waals surface area (Å²) < 4.78 is 1.87. The highest BCUT2D eigenvalue weighted by Gasteiger charge is 2.05. The molecule has 0 aliphatic heterocycles. The lowest BCUT2D eigenvalue weighted by molar-refractivity contribution is 0.776. The third-order valence-electron chi connectivity index (χ3n) is 2.32. The van der Waals surface area contributed by atoms with Crippen LogP contribution in [0, 0.1) is 6.92 Å². The van der Waals surface area contributed by atoms with Crippen LogP contribution in [0.25, 0.3) is 5.69 Å². The second-order valence-corrected chi connectivity index (χ2v) is 3.27. The molecule has 0 saturated heterocycles. The molecule has 2 rings (SSSR count). The molecule has 0 aliphatic carbocycles. The summed E-state index contributed by atoms with van der Waals surface area (Å²) in [5, 5.41) is 7.95. The van der Waals surface area contributed by atoms with Gasteiger partial charge in [0.25, 0.3) is 0 Å². The van der Waals surface area contributed by atoms with Gasteiger partial charge in [0.2, 0.25) is 0 Å². The largest absolute Gasteiger partial charge is 0.218 e. The average Bonchev–Trinajstić information content (AvgIpc) is 2.64. The van der Waals surface area contributed by atoms with Crippen LogP contribution in [0.4, 0.5) is 0 Å². The molecule has 3 heteroatoms. The van der Waals surface area contributed by atoms with Crippen molar-refractivity contribution in [2.24, 2.45) is 0 Å². The first kappa shape index (κ1) is 8.94. The Morgan fingerprint density at radius 3 is 2.71 bits per heavy atom. The van der Waals surface area contributed by atoms with E-state index in [9.17, 15) is 0 Å². The fourth-order valence-electron chi connectivity index (χ4n) is 1.54. The third kappa shape index (κ3) is 1.41. The maximum absolute atomic E-state index is 4.06. The molecule has 14 heavy (non-hydrogen) atoms. The van der Waals surface area contributed by atoms with Crippen LogP contribution in [0.2, 0.25) is 0 Å². The van der Waals surface area contributed by atoms with Crippen LogP contribution in [0.15, 0.2) is 30.5 Å². The molecule has 2 aromatic rings. The average molecular weight is 187 g/mol. The highest BCUT2D eigenvalue weighted by atomic mass is 15.4. The number of hydrogen-bond donors (Lipinski definition) is 0. The molecule has 1 heterocycles. The van der Waals surface area contributed by atoms with Crippen LogP contribution in [0.1, 0.15) is 18.2 Å². The Balaban J connectivity index is 2.56. The Labute approximate surface area is 83.4 Å². The van der Waals surface area contributed by atoms with Crippen molar-refractivity contribution in [2.75, 3.05) is 0 Å². The number of hydrogen-bond acceptors (Lipinski definition) is 2. The molecule has 1 aromatic carbocycles. The predicted molar refractivity (Wildman–Crippen MR) is 55.5 cm³/mol. The van der Waals surface area contributed by atoms with Crippen LogP contribution in [-0.2, 0) is 6.42 Å². The highest BCUT2D eigenvalue weighted by Crippen LogP contribution is 2.14. The van der Waals surface area contributed by atoms with Crippen molar-refractivity contribution in [3.63, 3.8) is 0 Å². The first-order valence-corrected chi connectivity index (χ1v) is 4.78. The van der Waals surface area contributed by atoms with Crippen molar-refractivity contribution >= 4 is 0 Å². The zero-order chi connectivity index (χ0) is 9.97. The SMILES string of the molecule is CCc1ccccc1-n1nncc1C. The fourth-order valence-corrected chi connectivity index (χ4v) is 1.54. The minimum Gasteiger partial charge on any atom is -0.218 e. The van der Waals surface area contributed by atoms with Crippen molar-refractivity contribution in [1.82, 2.24) is 15.0 Å². The van der Waals surface area contributed by atoms with Gasteiger partial charge in [0.1, 0.15) is 0 Å². The van der Waals surface area contributed by atoms with E-state index in [2.05, 4.69) is 35.4 Å². The monoisotopic (exact) mass is 187 g/mol. The van der Waals surface area contributed by atoms with E-state index in [-0.39, 0.29) is 0 Å². The number of benzene rings is 1. The predicted octanol–water partition coefficient (Wildman–Crippen LogP) is 2.14. The summed E-state index contributed by atoms with van der Waals surface area (Å²) in [5.74, 6) is 0. The number of nitrogens with zero attached hydrogens (tertiary/aromatic N) is 3. The summed E-state index contributed by atoms with van der Waals surface area (Å²) in [6.07, 6.45) is 2.78. The molecule has 0 spiro atoms. The van der Waals surface area contributed by atoms with Crippen LogP contribution >= 0.6 is 0 Å². The van der Waals surface area contributed by atoms with Gasteiger partial charge in [-0.05, 0) is 25.0 Å². The van der Waals surface area contributed by atoms with E-state index >= 15 is 0 Å². The van der Waals surface area contributed by atoms with Gasteiger partial charge in [-0.2, -0.15) is 0 Å². The van der Waals surface area contributed by atoms with Crippen LogP contribution < -0.4 is 0 Å². The quantitative estimate of drug-likeness (QED) is 0.721. The Morgan fingerprint density at radius 2 is 2.07 bits per heavy atom. The van der Waals surface area contributed by atoms with E-state index in [4.69, 9.17) is 0 Å². The summed E-state index contributed by atoms with van der Waals surface area (Å²) in [6, 6.07) is 8.27. The minimum absolute atomic E-state index is 1.01. The smallest absolute Gasteiger partial charge is 0.0726 e.